The lowest BCUT2D eigenvalue weighted by molar-refractivity contribution is 0.322. The van der Waals surface area contributed by atoms with Crippen LogP contribution in [0.2, 0.25) is 0 Å². The van der Waals surface area contributed by atoms with Crippen molar-refractivity contribution in [3.05, 3.63) is 34.5 Å². The second-order valence-electron chi connectivity index (χ2n) is 4.28. The quantitative estimate of drug-likeness (QED) is 0.795. The number of anilines is 2. The van der Waals surface area contributed by atoms with Crippen LogP contribution < -0.4 is 15.8 Å². The van der Waals surface area contributed by atoms with Gasteiger partial charge in [0.05, 0.1) is 24.0 Å². The Bertz CT molecular complexity index is 560. The van der Waals surface area contributed by atoms with Crippen molar-refractivity contribution < 1.29 is 9.13 Å². The zero-order valence-corrected chi connectivity index (χ0v) is 12.3. The van der Waals surface area contributed by atoms with Crippen LogP contribution in [0.5, 0.6) is 5.75 Å². The van der Waals surface area contributed by atoms with Gasteiger partial charge < -0.3 is 15.8 Å². The Morgan fingerprint density at radius 1 is 1.45 bits per heavy atom. The van der Waals surface area contributed by atoms with E-state index in [9.17, 15) is 4.39 Å². The molecule has 2 rings (SSSR count). The minimum absolute atomic E-state index is 0.0530. The molecule has 0 aliphatic heterocycles. The molecule has 1 aromatic carbocycles. The molecule has 0 aliphatic carbocycles. The fraction of sp³-hybridized carbons (Fsp3) is 0.357. The summed E-state index contributed by atoms with van der Waals surface area (Å²) in [6.45, 7) is 4.28. The van der Waals surface area contributed by atoms with E-state index in [0.717, 1.165) is 11.4 Å². The minimum Gasteiger partial charge on any atom is -0.491 e. The van der Waals surface area contributed by atoms with Crippen molar-refractivity contribution in [1.82, 2.24) is 4.98 Å². The van der Waals surface area contributed by atoms with E-state index in [1.807, 2.05) is 12.3 Å². The maximum Gasteiger partial charge on any atom is 0.167 e. The normalized spacial score (nSPS) is 12.2. The highest BCUT2D eigenvalue weighted by Crippen LogP contribution is 2.32. The maximum atomic E-state index is 13.7. The molecule has 2 aromatic rings. The summed E-state index contributed by atoms with van der Waals surface area (Å²) in [6, 6.07) is 2.93. The van der Waals surface area contributed by atoms with Gasteiger partial charge in [-0.3, -0.25) is 0 Å². The highest BCUT2D eigenvalue weighted by Gasteiger charge is 2.15. The molecule has 20 heavy (non-hydrogen) atoms. The van der Waals surface area contributed by atoms with Crippen LogP contribution in [0.25, 0.3) is 0 Å². The maximum absolute atomic E-state index is 13.7. The zero-order chi connectivity index (χ0) is 14.5. The Balaban J connectivity index is 2.25. The van der Waals surface area contributed by atoms with Crippen LogP contribution in [0.1, 0.15) is 31.3 Å². The van der Waals surface area contributed by atoms with Crippen molar-refractivity contribution in [2.75, 3.05) is 17.7 Å². The number of nitrogens with zero attached hydrogens (tertiary/aromatic N) is 1. The number of halogens is 1. The summed E-state index contributed by atoms with van der Waals surface area (Å²) in [5.74, 6) is -0.240. The van der Waals surface area contributed by atoms with E-state index in [-0.39, 0.29) is 11.8 Å². The number of nitrogen functional groups attached to an aromatic ring is 1. The summed E-state index contributed by atoms with van der Waals surface area (Å²) in [7, 11) is 0. The second kappa shape index (κ2) is 6.56. The molecule has 6 heteroatoms. The number of aromatic nitrogens is 1. The van der Waals surface area contributed by atoms with E-state index in [4.69, 9.17) is 10.5 Å². The van der Waals surface area contributed by atoms with Crippen LogP contribution in [0.4, 0.5) is 15.8 Å². The van der Waals surface area contributed by atoms with Crippen molar-refractivity contribution in [3.63, 3.8) is 0 Å². The number of benzene rings is 1. The van der Waals surface area contributed by atoms with Gasteiger partial charge >= 0.3 is 0 Å². The van der Waals surface area contributed by atoms with E-state index in [2.05, 4.69) is 17.2 Å². The van der Waals surface area contributed by atoms with Crippen molar-refractivity contribution >= 4 is 22.7 Å². The van der Waals surface area contributed by atoms with Crippen molar-refractivity contribution in [2.24, 2.45) is 0 Å². The first kappa shape index (κ1) is 14.6. The van der Waals surface area contributed by atoms with Gasteiger partial charge in [0.25, 0.3) is 0 Å². The minimum atomic E-state index is -0.447. The molecule has 1 heterocycles. The van der Waals surface area contributed by atoms with Gasteiger partial charge in [0.2, 0.25) is 0 Å². The van der Waals surface area contributed by atoms with Gasteiger partial charge in [-0.05, 0) is 13.3 Å². The van der Waals surface area contributed by atoms with Gasteiger partial charge in [0.15, 0.2) is 11.6 Å². The predicted molar refractivity (Wildman–Crippen MR) is 80.8 cm³/mol. The van der Waals surface area contributed by atoms with E-state index >= 15 is 0 Å². The third-order valence-corrected chi connectivity index (χ3v) is 3.78. The lowest BCUT2D eigenvalue weighted by Crippen LogP contribution is -2.11. The summed E-state index contributed by atoms with van der Waals surface area (Å²) in [5.41, 5.74) is 6.89. The van der Waals surface area contributed by atoms with Crippen LogP contribution in [0.3, 0.4) is 0 Å². The summed E-state index contributed by atoms with van der Waals surface area (Å²) >= 11 is 1.58. The largest absolute Gasteiger partial charge is 0.491 e. The van der Waals surface area contributed by atoms with Crippen molar-refractivity contribution in [1.29, 1.82) is 0 Å². The van der Waals surface area contributed by atoms with Crippen LogP contribution >= 0.6 is 11.3 Å². The summed E-state index contributed by atoms with van der Waals surface area (Å²) in [6.07, 6.45) is 2.62. The molecular weight excluding hydrogens is 277 g/mol. The molecule has 108 valence electrons. The molecule has 4 nitrogen and oxygen atoms in total. The van der Waals surface area contributed by atoms with E-state index in [1.165, 1.54) is 6.07 Å². The molecule has 0 bridgehead atoms. The highest BCUT2D eigenvalue weighted by atomic mass is 32.1. The van der Waals surface area contributed by atoms with Crippen LogP contribution in [0.15, 0.2) is 23.7 Å². The molecular formula is C14H18FN3OS. The van der Waals surface area contributed by atoms with Gasteiger partial charge in [-0.25, -0.2) is 9.37 Å². The summed E-state index contributed by atoms with van der Waals surface area (Å²) < 4.78 is 18.9. The average molecular weight is 295 g/mol. The van der Waals surface area contributed by atoms with E-state index < -0.39 is 5.82 Å². The smallest absolute Gasteiger partial charge is 0.167 e. The molecule has 3 N–H and O–H groups in total. The van der Waals surface area contributed by atoms with Gasteiger partial charge in [0.1, 0.15) is 5.01 Å². The SMILES string of the molecule is CCOc1cc(NC(CC)c2nccs2)c(N)cc1F. The number of hydrogen-bond donors (Lipinski definition) is 2. The van der Waals surface area contributed by atoms with Gasteiger partial charge in [-0.1, -0.05) is 6.92 Å². The topological polar surface area (TPSA) is 60.2 Å². The molecule has 0 spiro atoms. The first-order chi connectivity index (χ1) is 9.65. The monoisotopic (exact) mass is 295 g/mol. The highest BCUT2D eigenvalue weighted by molar-refractivity contribution is 7.09. The lowest BCUT2D eigenvalue weighted by atomic mass is 10.2. The molecule has 1 aromatic heterocycles. The Morgan fingerprint density at radius 3 is 2.85 bits per heavy atom. The Morgan fingerprint density at radius 2 is 2.25 bits per heavy atom. The third-order valence-electron chi connectivity index (χ3n) is 2.89. The van der Waals surface area contributed by atoms with Crippen molar-refractivity contribution in [3.8, 4) is 5.75 Å². The third kappa shape index (κ3) is 3.19. The molecule has 1 unspecified atom stereocenters. The van der Waals surface area contributed by atoms with Gasteiger partial charge in [-0.15, -0.1) is 11.3 Å². The second-order valence-corrected chi connectivity index (χ2v) is 5.20. The number of thiazole rings is 1. The number of nitrogens with two attached hydrogens (primary N) is 1. The average Bonchev–Trinajstić information content (AvgIpc) is 2.94. The summed E-state index contributed by atoms with van der Waals surface area (Å²) in [5, 5.41) is 6.21. The van der Waals surface area contributed by atoms with E-state index in [0.29, 0.717) is 18.0 Å². The molecule has 0 saturated carbocycles. The fourth-order valence-electron chi connectivity index (χ4n) is 1.89. The first-order valence-electron chi connectivity index (χ1n) is 6.53. The van der Waals surface area contributed by atoms with Gasteiger partial charge in [0, 0.05) is 23.7 Å². The fourth-order valence-corrected chi connectivity index (χ4v) is 2.67. The van der Waals surface area contributed by atoms with Gasteiger partial charge in [-0.2, -0.15) is 0 Å². The molecule has 0 fully saturated rings. The molecule has 0 aliphatic rings. The number of rotatable bonds is 6. The number of ether oxygens (including phenoxy) is 1. The molecule has 0 saturated heterocycles. The van der Waals surface area contributed by atoms with Crippen LogP contribution in [-0.4, -0.2) is 11.6 Å². The van der Waals surface area contributed by atoms with Crippen LogP contribution in [0, 0.1) is 5.82 Å². The lowest BCUT2D eigenvalue weighted by Gasteiger charge is -2.18. The molecule has 0 radical (unpaired) electrons. The predicted octanol–water partition coefficient (Wildman–Crippen LogP) is 3.83. The number of hydrogen-bond acceptors (Lipinski definition) is 5. The molecule has 1 atom stereocenters. The first-order valence-corrected chi connectivity index (χ1v) is 7.41. The zero-order valence-electron chi connectivity index (χ0n) is 11.5. The Hall–Kier alpha value is -1.82. The van der Waals surface area contributed by atoms with E-state index in [1.54, 1.807) is 23.6 Å². The Kier molecular flexibility index (Phi) is 4.79. The molecule has 0 amide bonds. The van der Waals surface area contributed by atoms with Crippen molar-refractivity contribution in [2.45, 2.75) is 26.3 Å². The standard InChI is InChI=1S/C14H18FN3OS/c1-3-11(14-17-5-6-20-14)18-12-8-13(19-4-2)9(15)7-10(12)16/h5-8,11,18H,3-4,16H2,1-2H3. The Labute approximate surface area is 121 Å². The summed E-state index contributed by atoms with van der Waals surface area (Å²) in [4.78, 5) is 4.30. The number of nitrogens with one attached hydrogen (secondary N) is 1. The van der Waals surface area contributed by atoms with Crippen LogP contribution in [-0.2, 0) is 0 Å².